The molecule has 0 bridgehead atoms. The van der Waals surface area contributed by atoms with Gasteiger partial charge in [-0.1, -0.05) is 6.92 Å². The lowest BCUT2D eigenvalue weighted by molar-refractivity contribution is 0.307. The monoisotopic (exact) mass is 128 g/mol. The minimum absolute atomic E-state index is 0.258. The van der Waals surface area contributed by atoms with Gasteiger partial charge in [-0.05, 0) is 25.2 Å². The van der Waals surface area contributed by atoms with Crippen LogP contribution in [0.1, 0.15) is 26.2 Å². The zero-order valence-corrected chi connectivity index (χ0v) is 6.01. The van der Waals surface area contributed by atoms with E-state index in [4.69, 9.17) is 11.5 Å². The van der Waals surface area contributed by atoms with E-state index in [9.17, 15) is 0 Å². The number of nitrogens with two attached hydrogens (primary N) is 2. The first kappa shape index (κ1) is 7.03. The maximum Gasteiger partial charge on any atom is 0.0194 e. The molecule has 1 aliphatic carbocycles. The lowest BCUT2D eigenvalue weighted by atomic mass is 9.84. The minimum Gasteiger partial charge on any atom is -0.326 e. The van der Waals surface area contributed by atoms with Gasteiger partial charge in [0.1, 0.15) is 0 Å². The van der Waals surface area contributed by atoms with E-state index in [0.717, 1.165) is 18.8 Å². The maximum atomic E-state index is 5.74. The van der Waals surface area contributed by atoms with Gasteiger partial charge in [0.25, 0.3) is 0 Å². The smallest absolute Gasteiger partial charge is 0.0194 e. The summed E-state index contributed by atoms with van der Waals surface area (Å²) in [5, 5.41) is 0. The van der Waals surface area contributed by atoms with Crippen molar-refractivity contribution in [3.63, 3.8) is 0 Å². The van der Waals surface area contributed by atoms with Gasteiger partial charge < -0.3 is 11.5 Å². The first-order valence-corrected chi connectivity index (χ1v) is 3.71. The Balaban J connectivity index is 2.35. The van der Waals surface area contributed by atoms with Crippen LogP contribution in [-0.4, -0.2) is 12.1 Å². The Morgan fingerprint density at radius 1 is 1.11 bits per heavy atom. The number of rotatable bonds is 0. The Hall–Kier alpha value is -0.0800. The highest BCUT2D eigenvalue weighted by atomic mass is 14.8. The topological polar surface area (TPSA) is 52.0 Å². The van der Waals surface area contributed by atoms with Crippen molar-refractivity contribution < 1.29 is 0 Å². The van der Waals surface area contributed by atoms with Gasteiger partial charge in [0.2, 0.25) is 0 Å². The third-order valence-corrected chi connectivity index (χ3v) is 2.22. The molecule has 0 aromatic heterocycles. The average molecular weight is 128 g/mol. The summed E-state index contributed by atoms with van der Waals surface area (Å²) in [7, 11) is 0. The second-order valence-electron chi connectivity index (χ2n) is 3.25. The van der Waals surface area contributed by atoms with Gasteiger partial charge in [0.05, 0.1) is 0 Å². The Labute approximate surface area is 56.6 Å². The van der Waals surface area contributed by atoms with Gasteiger partial charge in [-0.2, -0.15) is 0 Å². The molecule has 1 fully saturated rings. The first-order chi connectivity index (χ1) is 4.20. The van der Waals surface area contributed by atoms with Crippen LogP contribution in [0.3, 0.4) is 0 Å². The second-order valence-corrected chi connectivity index (χ2v) is 3.25. The summed E-state index contributed by atoms with van der Waals surface area (Å²) in [5.41, 5.74) is 11.5. The molecule has 54 valence electrons. The van der Waals surface area contributed by atoms with Crippen molar-refractivity contribution in [1.29, 1.82) is 0 Å². The Kier molecular flexibility index (Phi) is 2.09. The van der Waals surface area contributed by atoms with Crippen LogP contribution in [0, 0.1) is 5.92 Å². The molecule has 0 spiro atoms. The lowest BCUT2D eigenvalue weighted by Gasteiger charge is -2.29. The number of hydrogen-bond acceptors (Lipinski definition) is 2. The van der Waals surface area contributed by atoms with Crippen LogP contribution < -0.4 is 11.5 Å². The molecule has 3 atom stereocenters. The van der Waals surface area contributed by atoms with E-state index in [1.54, 1.807) is 0 Å². The quantitative estimate of drug-likeness (QED) is 0.498. The highest BCUT2D eigenvalue weighted by molar-refractivity contribution is 4.83. The van der Waals surface area contributed by atoms with Crippen LogP contribution >= 0.6 is 0 Å². The largest absolute Gasteiger partial charge is 0.326 e. The van der Waals surface area contributed by atoms with Crippen molar-refractivity contribution in [2.24, 2.45) is 17.4 Å². The standard InChI is InChI=1S/C7H16N2/c1-5-2-3-6(8)7(9)4-5/h5-7H,2-4,8-9H2,1H3/t5-,6-,7-/m0/s1. The summed E-state index contributed by atoms with van der Waals surface area (Å²) in [6.45, 7) is 2.24. The molecular formula is C7H16N2. The van der Waals surface area contributed by atoms with E-state index in [-0.39, 0.29) is 12.1 Å². The fraction of sp³-hybridized carbons (Fsp3) is 1.00. The molecule has 1 saturated carbocycles. The summed E-state index contributed by atoms with van der Waals surface area (Å²) in [4.78, 5) is 0. The molecule has 2 nitrogen and oxygen atoms in total. The summed E-state index contributed by atoms with van der Waals surface area (Å²) >= 11 is 0. The third-order valence-electron chi connectivity index (χ3n) is 2.22. The van der Waals surface area contributed by atoms with Crippen LogP contribution in [0.2, 0.25) is 0 Å². The molecule has 0 amide bonds. The first-order valence-electron chi connectivity index (χ1n) is 3.71. The Morgan fingerprint density at radius 3 is 2.22 bits per heavy atom. The minimum atomic E-state index is 0.258. The van der Waals surface area contributed by atoms with Crippen LogP contribution in [0.4, 0.5) is 0 Å². The van der Waals surface area contributed by atoms with Gasteiger partial charge >= 0.3 is 0 Å². The van der Waals surface area contributed by atoms with Crippen LogP contribution in [0.5, 0.6) is 0 Å². The van der Waals surface area contributed by atoms with Gasteiger partial charge in [-0.25, -0.2) is 0 Å². The van der Waals surface area contributed by atoms with Crippen molar-refractivity contribution in [2.45, 2.75) is 38.3 Å². The summed E-state index contributed by atoms with van der Waals surface area (Å²) in [5.74, 6) is 0.791. The van der Waals surface area contributed by atoms with Crippen molar-refractivity contribution in [3.8, 4) is 0 Å². The molecule has 1 aliphatic rings. The molecule has 0 aliphatic heterocycles. The van der Waals surface area contributed by atoms with E-state index in [1.807, 2.05) is 0 Å². The van der Waals surface area contributed by atoms with Gasteiger partial charge in [0, 0.05) is 12.1 Å². The molecular weight excluding hydrogens is 112 g/mol. The molecule has 4 N–H and O–H groups in total. The molecule has 1 rings (SSSR count). The molecule has 2 heteroatoms. The Morgan fingerprint density at radius 2 is 1.78 bits per heavy atom. The van der Waals surface area contributed by atoms with E-state index in [2.05, 4.69) is 6.92 Å². The van der Waals surface area contributed by atoms with Crippen molar-refractivity contribution in [2.75, 3.05) is 0 Å². The van der Waals surface area contributed by atoms with Crippen molar-refractivity contribution >= 4 is 0 Å². The number of hydrogen-bond donors (Lipinski definition) is 2. The molecule has 9 heavy (non-hydrogen) atoms. The van der Waals surface area contributed by atoms with E-state index in [0.29, 0.717) is 0 Å². The van der Waals surface area contributed by atoms with E-state index < -0.39 is 0 Å². The SMILES string of the molecule is C[C@H]1CC[C@H](N)[C@@H](N)C1. The van der Waals surface area contributed by atoms with Crippen LogP contribution in [-0.2, 0) is 0 Å². The summed E-state index contributed by atoms with van der Waals surface area (Å²) in [6.07, 6.45) is 3.48. The third kappa shape index (κ3) is 1.66. The zero-order valence-electron chi connectivity index (χ0n) is 6.01. The summed E-state index contributed by atoms with van der Waals surface area (Å²) in [6, 6.07) is 0.523. The molecule has 0 heterocycles. The van der Waals surface area contributed by atoms with Gasteiger partial charge in [-0.3, -0.25) is 0 Å². The van der Waals surface area contributed by atoms with Gasteiger partial charge in [-0.15, -0.1) is 0 Å². The summed E-state index contributed by atoms with van der Waals surface area (Å²) < 4.78 is 0. The highest BCUT2D eigenvalue weighted by Crippen LogP contribution is 2.21. The van der Waals surface area contributed by atoms with Crippen molar-refractivity contribution in [1.82, 2.24) is 0 Å². The molecule has 0 saturated heterocycles. The molecule has 0 unspecified atom stereocenters. The van der Waals surface area contributed by atoms with Crippen LogP contribution in [0.15, 0.2) is 0 Å². The molecule has 0 aromatic rings. The second kappa shape index (κ2) is 2.67. The average Bonchev–Trinajstić information content (AvgIpc) is 1.80. The molecule has 0 aromatic carbocycles. The Bertz CT molecular complexity index is 92.9. The predicted octanol–water partition coefficient (Wildman–Crippen LogP) is 0.461. The highest BCUT2D eigenvalue weighted by Gasteiger charge is 2.21. The zero-order chi connectivity index (χ0) is 6.85. The lowest BCUT2D eigenvalue weighted by Crippen LogP contribution is -2.45. The van der Waals surface area contributed by atoms with Crippen molar-refractivity contribution in [3.05, 3.63) is 0 Å². The van der Waals surface area contributed by atoms with E-state index >= 15 is 0 Å². The van der Waals surface area contributed by atoms with Crippen LogP contribution in [0.25, 0.3) is 0 Å². The maximum absolute atomic E-state index is 5.74. The fourth-order valence-electron chi connectivity index (χ4n) is 1.45. The fourth-order valence-corrected chi connectivity index (χ4v) is 1.45. The molecule has 0 radical (unpaired) electrons. The normalized spacial score (nSPS) is 45.0. The predicted molar refractivity (Wildman–Crippen MR) is 39.0 cm³/mol. The van der Waals surface area contributed by atoms with E-state index in [1.165, 1.54) is 6.42 Å². The van der Waals surface area contributed by atoms with Gasteiger partial charge in [0.15, 0.2) is 0 Å².